The zero-order valence-electron chi connectivity index (χ0n) is 50.3. The number of aromatic carboxylic acids is 1. The lowest BCUT2D eigenvalue weighted by Crippen LogP contribution is -2.11. The van der Waals surface area contributed by atoms with E-state index in [1.54, 1.807) is 18.2 Å². The Morgan fingerprint density at radius 2 is 0.778 bits per heavy atom. The third-order valence-electron chi connectivity index (χ3n) is 14.6. The first-order valence-corrected chi connectivity index (χ1v) is 28.1. The summed E-state index contributed by atoms with van der Waals surface area (Å²) in [7, 11) is 8.55. The van der Waals surface area contributed by atoms with Gasteiger partial charge in [-0.15, -0.1) is 0 Å². The van der Waals surface area contributed by atoms with Crippen molar-refractivity contribution in [3.63, 3.8) is 0 Å². The molecule has 2 N–H and O–H groups in total. The molecule has 16 nitrogen and oxygen atoms in total. The van der Waals surface area contributed by atoms with Crippen molar-refractivity contribution in [2.45, 2.75) is 33.9 Å². The van der Waals surface area contributed by atoms with Crippen LogP contribution in [0.2, 0.25) is 0 Å². The lowest BCUT2D eigenvalue weighted by atomic mass is 9.94. The van der Waals surface area contributed by atoms with E-state index in [0.717, 1.165) is 51.1 Å². The molecule has 0 atom stereocenters. The van der Waals surface area contributed by atoms with Crippen LogP contribution in [0, 0.1) is 38.2 Å². The van der Waals surface area contributed by atoms with Gasteiger partial charge in [0.05, 0.1) is 50.2 Å². The van der Waals surface area contributed by atoms with Crippen LogP contribution in [0.3, 0.4) is 0 Å². The van der Waals surface area contributed by atoms with Gasteiger partial charge in [0.15, 0.2) is 0 Å². The van der Waals surface area contributed by atoms with Crippen LogP contribution in [0.25, 0.3) is 102 Å². The topological polar surface area (TPSA) is 205 Å². The minimum atomic E-state index is -1.07. The van der Waals surface area contributed by atoms with E-state index in [9.17, 15) is 28.2 Å². The summed E-state index contributed by atoms with van der Waals surface area (Å²) >= 11 is 0. The maximum absolute atomic E-state index is 13.8. The average Bonchev–Trinajstić information content (AvgIpc) is 1.69. The van der Waals surface area contributed by atoms with E-state index in [4.69, 9.17) is 27.8 Å². The van der Waals surface area contributed by atoms with E-state index in [1.807, 2.05) is 113 Å². The van der Waals surface area contributed by atoms with Crippen molar-refractivity contribution >= 4 is 5.97 Å². The van der Waals surface area contributed by atoms with Crippen molar-refractivity contribution in [1.82, 2.24) is 35.3 Å². The first kappa shape index (κ1) is 62.0. The molecule has 9 aromatic carbocycles. The quantitative estimate of drug-likeness (QED) is 0.0923. The number of benzene rings is 9. The van der Waals surface area contributed by atoms with Crippen LogP contribution < -0.4 is 14.2 Å². The molecule has 12 rings (SSSR count). The van der Waals surface area contributed by atoms with Gasteiger partial charge >= 0.3 is 5.97 Å². The van der Waals surface area contributed by atoms with Gasteiger partial charge in [0.2, 0.25) is 17.5 Å². The Kier molecular flexibility index (Phi) is 19.1. The summed E-state index contributed by atoms with van der Waals surface area (Å²) in [6, 6.07) is 52.9. The van der Waals surface area contributed by atoms with Gasteiger partial charge < -0.3 is 42.9 Å². The zero-order chi connectivity index (χ0) is 63.6. The molecule has 19 heteroatoms. The third-order valence-corrected chi connectivity index (χ3v) is 14.6. The Bertz CT molecular complexity index is 4540. The molecule has 0 bridgehead atoms. The SMILES string of the molecule is COc1ccc(F)cc1-c1noc(-c2ccc(-c3ccccc3C)c(C(=O)O)c2)n1.COc1ccc(F)cc1-c1noc(-c2ccc(-c3ccccc3C)c(CN(C)C)c2)n1.COc1ccc(F)cc1-c1noc(-c2ccc(-c3ccccc3C)c(CO)c2)n1. The number of ether oxygens (including phenoxy) is 3. The van der Waals surface area contributed by atoms with Gasteiger partial charge in [0.25, 0.3) is 17.7 Å². The molecule has 0 saturated carbocycles. The summed E-state index contributed by atoms with van der Waals surface area (Å²) in [5.41, 5.74) is 14.2. The maximum Gasteiger partial charge on any atom is 0.336 e. The van der Waals surface area contributed by atoms with E-state index >= 15 is 0 Å². The molecule has 3 aromatic heterocycles. The van der Waals surface area contributed by atoms with E-state index in [-0.39, 0.29) is 41.4 Å². The van der Waals surface area contributed by atoms with Gasteiger partial charge in [-0.2, -0.15) is 15.0 Å². The number of aryl methyl sites for hydroxylation is 3. The van der Waals surface area contributed by atoms with Crippen LogP contribution in [-0.4, -0.2) is 86.9 Å². The number of carbonyl (C=O) groups is 1. The number of carboxylic acid groups (broad SMARTS) is 1. The molecular weight excluding hydrogens is 1150 g/mol. The zero-order valence-corrected chi connectivity index (χ0v) is 50.3. The van der Waals surface area contributed by atoms with Gasteiger partial charge in [0.1, 0.15) is 34.7 Å². The molecule has 0 aliphatic rings. The highest BCUT2D eigenvalue weighted by molar-refractivity contribution is 5.98. The second kappa shape index (κ2) is 27.8. The standard InChI is InChI=1S/C25H24FN3O2.C23H17FN2O4.C23H19FN2O3/c1-16-7-5-6-8-20(16)21-11-9-17(13-18(21)15-29(2)3)25-27-24(28-31-25)22-14-19(26)10-12-23(22)30-4;1-13-5-3-4-6-16(13)17-9-7-14(11-18(17)23(27)28)22-25-21(26-30-22)19-12-15(24)8-10-20(19)29-2;1-14-5-3-4-6-18(14)19-9-7-15(11-16(19)13-27)23-25-22(26-29-23)20-12-17(24)8-10-21(20)28-2/h5-14H,15H2,1-4H3;3-12H,1-2H3,(H,27,28);3-12,27H,13H2,1-2H3. The van der Waals surface area contributed by atoms with E-state index < -0.39 is 23.4 Å². The fourth-order valence-corrected chi connectivity index (χ4v) is 10.2. The second-order valence-electron chi connectivity index (χ2n) is 21.0. The smallest absolute Gasteiger partial charge is 0.336 e. The van der Waals surface area contributed by atoms with Crippen molar-refractivity contribution in [2.24, 2.45) is 0 Å². The summed E-state index contributed by atoms with van der Waals surface area (Å²) in [6.45, 7) is 6.69. The molecule has 454 valence electrons. The van der Waals surface area contributed by atoms with Crippen molar-refractivity contribution in [2.75, 3.05) is 35.4 Å². The number of nitrogens with zero attached hydrogens (tertiary/aromatic N) is 7. The van der Waals surface area contributed by atoms with Gasteiger partial charge in [-0.25, -0.2) is 18.0 Å². The number of hydrogen-bond donors (Lipinski definition) is 2. The monoisotopic (exact) mass is 1210 g/mol. The van der Waals surface area contributed by atoms with Crippen molar-refractivity contribution in [3.05, 3.63) is 233 Å². The van der Waals surface area contributed by atoms with Gasteiger partial charge in [-0.3, -0.25) is 0 Å². The van der Waals surface area contributed by atoms with Crippen LogP contribution in [0.1, 0.15) is 38.2 Å². The van der Waals surface area contributed by atoms with Gasteiger partial charge in [0, 0.05) is 23.2 Å². The van der Waals surface area contributed by atoms with Crippen molar-refractivity contribution < 1.29 is 56.0 Å². The predicted octanol–water partition coefficient (Wildman–Crippen LogP) is 15.8. The molecule has 0 spiro atoms. The van der Waals surface area contributed by atoms with Crippen LogP contribution in [0.5, 0.6) is 17.2 Å². The number of aromatic nitrogens is 6. The minimum absolute atomic E-state index is 0.116. The first-order chi connectivity index (χ1) is 43.5. The summed E-state index contributed by atoms with van der Waals surface area (Å²) in [6.07, 6.45) is 0. The second-order valence-corrected chi connectivity index (χ2v) is 21.0. The maximum atomic E-state index is 13.8. The molecule has 3 heterocycles. The molecule has 90 heavy (non-hydrogen) atoms. The Morgan fingerprint density at radius 3 is 1.13 bits per heavy atom. The minimum Gasteiger partial charge on any atom is -0.496 e. The third kappa shape index (κ3) is 13.9. The number of aliphatic hydroxyl groups is 1. The summed E-state index contributed by atoms with van der Waals surface area (Å²) in [4.78, 5) is 27.2. The Labute approximate surface area is 516 Å². The highest BCUT2D eigenvalue weighted by atomic mass is 19.1. The summed E-state index contributed by atoms with van der Waals surface area (Å²) in [5, 5.41) is 31.6. The fraction of sp³-hybridized carbons (Fsp3) is 0.141. The molecule has 12 aromatic rings. The number of rotatable bonds is 16. The molecule has 0 amide bonds. The lowest BCUT2D eigenvalue weighted by molar-refractivity contribution is 0.0697. The number of carboxylic acids is 1. The lowest BCUT2D eigenvalue weighted by Gasteiger charge is -2.16. The van der Waals surface area contributed by atoms with E-state index in [2.05, 4.69) is 66.5 Å². The van der Waals surface area contributed by atoms with Crippen LogP contribution in [0.4, 0.5) is 13.2 Å². The first-order valence-electron chi connectivity index (χ1n) is 28.1. The molecule has 0 radical (unpaired) electrons. The average molecular weight is 1210 g/mol. The largest absolute Gasteiger partial charge is 0.496 e. The molecular formula is C71H60F3N7O9. The Balaban J connectivity index is 0.000000149. The van der Waals surface area contributed by atoms with Crippen molar-refractivity contribution in [3.8, 4) is 119 Å². The highest BCUT2D eigenvalue weighted by Crippen LogP contribution is 2.38. The molecule has 0 unspecified atom stereocenters. The molecule has 0 aliphatic carbocycles. The Morgan fingerprint density at radius 1 is 0.433 bits per heavy atom. The highest BCUT2D eigenvalue weighted by Gasteiger charge is 2.22. The molecule has 0 fully saturated rings. The van der Waals surface area contributed by atoms with Crippen LogP contribution in [-0.2, 0) is 13.2 Å². The summed E-state index contributed by atoms with van der Waals surface area (Å²) < 4.78 is 73.1. The van der Waals surface area contributed by atoms with E-state index in [0.29, 0.717) is 56.5 Å². The van der Waals surface area contributed by atoms with Crippen LogP contribution >= 0.6 is 0 Å². The normalized spacial score (nSPS) is 10.9. The van der Waals surface area contributed by atoms with Crippen molar-refractivity contribution in [1.29, 1.82) is 0 Å². The predicted molar refractivity (Wildman–Crippen MR) is 336 cm³/mol. The fourth-order valence-electron chi connectivity index (χ4n) is 10.2. The number of aliphatic hydroxyl groups excluding tert-OH is 1. The Hall–Kier alpha value is -11.0. The molecule has 0 aliphatic heterocycles. The van der Waals surface area contributed by atoms with Gasteiger partial charge in [-0.05, 0) is 187 Å². The van der Waals surface area contributed by atoms with E-state index in [1.165, 1.54) is 92.6 Å². The number of methoxy groups -OCH3 is 3. The summed E-state index contributed by atoms with van der Waals surface area (Å²) in [5.74, 6) is 0.399. The van der Waals surface area contributed by atoms with Gasteiger partial charge in [-0.1, -0.05) is 106 Å². The van der Waals surface area contributed by atoms with Crippen LogP contribution in [0.15, 0.2) is 196 Å². The number of halogens is 3. The number of hydrogen-bond acceptors (Lipinski definition) is 15. The molecule has 0 saturated heterocycles.